The number of nitrogens with zero attached hydrogens (tertiary/aromatic N) is 5. The number of amides is 3. The molecule has 2 aliphatic heterocycles. The van der Waals surface area contributed by atoms with Crippen molar-refractivity contribution in [2.75, 3.05) is 77.5 Å². The van der Waals surface area contributed by atoms with Crippen LogP contribution in [0, 0.1) is 19.8 Å². The van der Waals surface area contributed by atoms with Crippen molar-refractivity contribution >= 4 is 40.5 Å². The quantitative estimate of drug-likeness (QED) is 0.0993. The molecule has 14 heteroatoms. The van der Waals surface area contributed by atoms with Crippen LogP contribution in [0.3, 0.4) is 0 Å². The van der Waals surface area contributed by atoms with Gasteiger partial charge in [-0.05, 0) is 94.0 Å². The first-order chi connectivity index (χ1) is 29.5. The second kappa shape index (κ2) is 21.0. The van der Waals surface area contributed by atoms with Gasteiger partial charge in [-0.25, -0.2) is 0 Å². The Bertz CT molecular complexity index is 2190. The van der Waals surface area contributed by atoms with Gasteiger partial charge in [0, 0.05) is 99.8 Å². The maximum Gasteiger partial charge on any atom is 0.253 e. The van der Waals surface area contributed by atoms with E-state index in [0.717, 1.165) is 79.7 Å². The number of morpholine rings is 1. The predicted octanol–water partition coefficient (Wildman–Crippen LogP) is 4.66. The van der Waals surface area contributed by atoms with Crippen molar-refractivity contribution in [1.29, 1.82) is 0 Å². The minimum Gasteiger partial charge on any atom is -0.507 e. The Morgan fingerprint density at radius 1 is 0.869 bits per heavy atom. The van der Waals surface area contributed by atoms with E-state index in [1.54, 1.807) is 42.3 Å². The number of hydrogen-bond acceptors (Lipinski definition) is 10. The highest BCUT2D eigenvalue weighted by atomic mass is 16.5. The monoisotopic (exact) mass is 833 g/mol. The number of phenols is 1. The molecule has 0 radical (unpaired) electrons. The van der Waals surface area contributed by atoms with Crippen LogP contribution >= 0.6 is 0 Å². The molecular formula is C47H63N9O5. The van der Waals surface area contributed by atoms with Crippen LogP contribution in [0.1, 0.15) is 65.3 Å². The maximum atomic E-state index is 12.9. The Balaban J connectivity index is 0.000000260. The topological polar surface area (TPSA) is 189 Å². The second-order valence-electron chi connectivity index (χ2n) is 16.3. The molecule has 14 nitrogen and oxygen atoms in total. The minimum absolute atomic E-state index is 0.0767. The molecule has 3 fully saturated rings. The van der Waals surface area contributed by atoms with Gasteiger partial charge in [-0.15, -0.1) is 0 Å². The number of rotatable bonds is 12. The summed E-state index contributed by atoms with van der Waals surface area (Å²) in [7, 11) is 1.61. The van der Waals surface area contributed by atoms with Crippen LogP contribution in [0.25, 0.3) is 16.6 Å². The molecule has 0 bridgehead atoms. The number of aromatic hydroxyl groups is 1. The highest BCUT2D eigenvalue weighted by Gasteiger charge is 2.29. The molecule has 61 heavy (non-hydrogen) atoms. The number of aryl methyl sites for hydroxylation is 2. The van der Waals surface area contributed by atoms with E-state index in [1.807, 2.05) is 53.1 Å². The van der Waals surface area contributed by atoms with E-state index in [4.69, 9.17) is 21.9 Å². The van der Waals surface area contributed by atoms with Crippen LogP contribution < -0.4 is 27.4 Å². The van der Waals surface area contributed by atoms with Gasteiger partial charge >= 0.3 is 0 Å². The molecule has 326 valence electrons. The lowest BCUT2D eigenvalue weighted by Crippen LogP contribution is -2.50. The summed E-state index contributed by atoms with van der Waals surface area (Å²) in [6, 6.07) is 23.5. The van der Waals surface area contributed by atoms with Crippen LogP contribution in [-0.2, 0) is 14.3 Å². The fourth-order valence-electron chi connectivity index (χ4n) is 8.83. The third kappa shape index (κ3) is 11.2. The molecular weight excluding hydrogens is 771 g/mol. The van der Waals surface area contributed by atoms with E-state index in [-0.39, 0.29) is 29.8 Å². The number of ether oxygens (including phenoxy) is 1. The molecule has 1 saturated carbocycles. The summed E-state index contributed by atoms with van der Waals surface area (Å²) in [5.74, 6) is 1.07. The number of anilines is 1. The summed E-state index contributed by atoms with van der Waals surface area (Å²) < 4.78 is 7.77. The molecule has 8 N–H and O–H groups in total. The first-order valence-corrected chi connectivity index (χ1v) is 21.4. The smallest absolute Gasteiger partial charge is 0.253 e. The Morgan fingerprint density at radius 2 is 1.57 bits per heavy atom. The van der Waals surface area contributed by atoms with Gasteiger partial charge in [0.1, 0.15) is 11.6 Å². The Labute approximate surface area is 359 Å². The van der Waals surface area contributed by atoms with Gasteiger partial charge in [-0.3, -0.25) is 19.3 Å². The zero-order valence-electron chi connectivity index (χ0n) is 35.9. The normalized spacial score (nSPS) is 18.5. The van der Waals surface area contributed by atoms with Gasteiger partial charge in [0.15, 0.2) is 0 Å². The summed E-state index contributed by atoms with van der Waals surface area (Å²) in [4.78, 5) is 44.9. The summed E-state index contributed by atoms with van der Waals surface area (Å²) >= 11 is 0. The van der Waals surface area contributed by atoms with Gasteiger partial charge in [0.25, 0.3) is 5.91 Å². The lowest BCUT2D eigenvalue weighted by molar-refractivity contribution is -0.120. The third-order valence-electron chi connectivity index (χ3n) is 12.1. The van der Waals surface area contributed by atoms with Crippen molar-refractivity contribution < 1.29 is 24.2 Å². The maximum absolute atomic E-state index is 12.9. The number of carbonyl (C=O) groups is 3. The van der Waals surface area contributed by atoms with Crippen molar-refractivity contribution in [3.63, 3.8) is 0 Å². The van der Waals surface area contributed by atoms with Crippen LogP contribution in [0.4, 0.5) is 5.69 Å². The van der Waals surface area contributed by atoms with Crippen molar-refractivity contribution in [2.24, 2.45) is 23.1 Å². The molecule has 1 aromatic heterocycles. The number of fused-ring (bicyclic) bond motifs is 1. The van der Waals surface area contributed by atoms with E-state index in [1.165, 1.54) is 18.5 Å². The molecule has 0 spiro atoms. The number of carbonyl (C=O) groups excluding carboxylic acids is 3. The second-order valence-corrected chi connectivity index (χ2v) is 16.3. The first-order valence-electron chi connectivity index (χ1n) is 21.4. The highest BCUT2D eigenvalue weighted by Crippen LogP contribution is 2.38. The lowest BCUT2D eigenvalue weighted by Gasteiger charge is -2.38. The largest absolute Gasteiger partial charge is 0.507 e. The third-order valence-corrected chi connectivity index (χ3v) is 12.1. The molecule has 0 atom stereocenters. The van der Waals surface area contributed by atoms with E-state index < -0.39 is 0 Å². The number of phenolic OH excluding ortho intramolecular Hbond substituents is 1. The molecule has 3 aliphatic rings. The van der Waals surface area contributed by atoms with Crippen LogP contribution in [0.5, 0.6) is 5.75 Å². The zero-order valence-corrected chi connectivity index (χ0v) is 35.9. The van der Waals surface area contributed by atoms with Crippen molar-refractivity contribution in [1.82, 2.24) is 24.6 Å². The van der Waals surface area contributed by atoms with Crippen molar-refractivity contribution in [2.45, 2.75) is 52.0 Å². The fraction of sp³-hybridized carbons (Fsp3) is 0.426. The SMILES string of the molecule is CNC(=O)CCN(C=O)c1cccc2c1cc(C)n2C1CCC(CN2CCN(C(=O)c3cccc(C)c3)CC2)CC1.NC(N)=C(/C=C(\N)c1ccccc1O)N1CCOCC1. The van der Waals surface area contributed by atoms with E-state index in [9.17, 15) is 19.5 Å². The fourth-order valence-corrected chi connectivity index (χ4v) is 8.83. The van der Waals surface area contributed by atoms with E-state index in [2.05, 4.69) is 33.8 Å². The van der Waals surface area contributed by atoms with Crippen LogP contribution in [0.2, 0.25) is 0 Å². The van der Waals surface area contributed by atoms with Crippen molar-refractivity contribution in [3.8, 4) is 5.75 Å². The molecule has 2 saturated heterocycles. The number of allylic oxidation sites excluding steroid dienone is 1. The Morgan fingerprint density at radius 3 is 2.23 bits per heavy atom. The average Bonchev–Trinajstić information content (AvgIpc) is 3.62. The predicted molar refractivity (Wildman–Crippen MR) is 241 cm³/mol. The van der Waals surface area contributed by atoms with Crippen LogP contribution in [-0.4, -0.2) is 115 Å². The number of piperazine rings is 1. The molecule has 0 unspecified atom stereocenters. The molecule has 3 heterocycles. The van der Waals surface area contributed by atoms with Gasteiger partial charge in [-0.1, -0.05) is 35.9 Å². The first kappa shape index (κ1) is 44.6. The summed E-state index contributed by atoms with van der Waals surface area (Å²) in [6.45, 7) is 11.8. The lowest BCUT2D eigenvalue weighted by atomic mass is 9.85. The summed E-state index contributed by atoms with van der Waals surface area (Å²) in [5, 5.41) is 13.5. The number of hydrogen-bond donors (Lipinski definition) is 5. The average molecular weight is 834 g/mol. The molecule has 4 aromatic rings. The zero-order chi connectivity index (χ0) is 43.5. The van der Waals surface area contributed by atoms with Gasteiger partial charge in [0.2, 0.25) is 12.3 Å². The van der Waals surface area contributed by atoms with Gasteiger partial charge in [-0.2, -0.15) is 0 Å². The molecule has 3 amide bonds. The molecule has 7 rings (SSSR count). The number of nitrogens with one attached hydrogen (secondary N) is 1. The minimum atomic E-state index is -0.0767. The molecule has 1 aliphatic carbocycles. The summed E-state index contributed by atoms with van der Waals surface area (Å²) in [5.41, 5.74) is 24.3. The number of aromatic nitrogens is 1. The van der Waals surface area contributed by atoms with E-state index in [0.29, 0.717) is 61.8 Å². The number of para-hydroxylation sites is 1. The van der Waals surface area contributed by atoms with E-state index >= 15 is 0 Å². The Kier molecular flexibility index (Phi) is 15.3. The number of benzene rings is 3. The summed E-state index contributed by atoms with van der Waals surface area (Å²) in [6.07, 6.45) is 7.45. The number of nitrogens with two attached hydrogens (primary N) is 3. The molecule has 3 aromatic carbocycles. The standard InChI is InChI=1S/C33H43N5O3.C14H20N4O2/c1-24-6-4-7-27(20-24)33(41)36-18-16-35(17-19-36)22-26-10-12-28(13-11-26)38-25(2)21-29-30(8-5-9-31(29)38)37(23-39)15-14-32(40)34-3;15-11(10-3-1-2-4-13(10)19)9-12(14(16)17)18-5-7-20-8-6-18/h4-9,20-21,23,26,28H,10-19,22H2,1-3H3,(H,34,40);1-4,9,19H,5-8,15-17H2/b;11-9-. The Hall–Kier alpha value is -5.99. The highest BCUT2D eigenvalue weighted by molar-refractivity contribution is 5.98. The van der Waals surface area contributed by atoms with Crippen molar-refractivity contribution in [3.05, 3.63) is 113 Å². The van der Waals surface area contributed by atoms with Crippen LogP contribution in [0.15, 0.2) is 90.4 Å². The van der Waals surface area contributed by atoms with Gasteiger partial charge < -0.3 is 51.6 Å². The van der Waals surface area contributed by atoms with Gasteiger partial charge in [0.05, 0.1) is 30.1 Å².